The Kier molecular flexibility index (Phi) is 3.71. The number of hydrogen-bond donors (Lipinski definition) is 0. The first kappa shape index (κ1) is 13.0. The third-order valence-electron chi connectivity index (χ3n) is 2.84. The van der Waals surface area contributed by atoms with Crippen LogP contribution >= 0.6 is 11.6 Å². The monoisotopic (exact) mass is 267 g/mol. The van der Waals surface area contributed by atoms with Crippen molar-refractivity contribution in [1.29, 1.82) is 10.5 Å². The van der Waals surface area contributed by atoms with E-state index in [0.29, 0.717) is 5.02 Å². The topological polar surface area (TPSA) is 52.5 Å². The molecule has 2 aromatic rings. The molecular formula is C15H10ClN3. The maximum absolute atomic E-state index is 8.78. The molecule has 1 heterocycles. The van der Waals surface area contributed by atoms with Crippen LogP contribution in [0.1, 0.15) is 5.69 Å². The molecule has 0 atom stereocenters. The summed E-state index contributed by atoms with van der Waals surface area (Å²) in [5.41, 5.74) is 2.72. The molecule has 0 amide bonds. The van der Waals surface area contributed by atoms with E-state index in [9.17, 15) is 0 Å². The molecule has 0 saturated heterocycles. The first-order valence-electron chi connectivity index (χ1n) is 5.60. The minimum atomic E-state index is 0.0758. The number of aromatic nitrogens is 1. The van der Waals surface area contributed by atoms with E-state index < -0.39 is 0 Å². The summed E-state index contributed by atoms with van der Waals surface area (Å²) in [5.74, 6) is 0. The molecule has 0 aliphatic rings. The number of hydrogen-bond acceptors (Lipinski definition) is 2. The normalized spacial score (nSPS) is 9.47. The molecule has 0 bridgehead atoms. The predicted octanol–water partition coefficient (Wildman–Crippen LogP) is 3.78. The van der Waals surface area contributed by atoms with Crippen molar-refractivity contribution in [3.8, 4) is 23.4 Å². The van der Waals surface area contributed by atoms with Crippen molar-refractivity contribution in [3.63, 3.8) is 0 Å². The number of nitrogens with zero attached hydrogens (tertiary/aromatic N) is 3. The molecule has 0 unspecified atom stereocenters. The van der Waals surface area contributed by atoms with Gasteiger partial charge in [0, 0.05) is 29.0 Å². The number of halogens is 1. The van der Waals surface area contributed by atoms with Gasteiger partial charge in [-0.2, -0.15) is 10.5 Å². The Bertz CT molecular complexity index is 711. The summed E-state index contributed by atoms with van der Waals surface area (Å²) >= 11 is 6.17. The van der Waals surface area contributed by atoms with Gasteiger partial charge in [0.2, 0.25) is 0 Å². The smallest absolute Gasteiger partial charge is 0.131 e. The van der Waals surface area contributed by atoms with Gasteiger partial charge in [-0.15, -0.1) is 0 Å². The van der Waals surface area contributed by atoms with Crippen molar-refractivity contribution >= 4 is 17.7 Å². The average Bonchev–Trinajstić information content (AvgIpc) is 2.78. The van der Waals surface area contributed by atoms with Crippen molar-refractivity contribution in [2.75, 3.05) is 0 Å². The van der Waals surface area contributed by atoms with Crippen LogP contribution in [0.3, 0.4) is 0 Å². The lowest BCUT2D eigenvalue weighted by molar-refractivity contribution is 0.923. The van der Waals surface area contributed by atoms with E-state index in [1.165, 1.54) is 0 Å². The average molecular weight is 268 g/mol. The lowest BCUT2D eigenvalue weighted by Gasteiger charge is -2.07. The molecule has 0 aliphatic carbocycles. The molecule has 2 rings (SSSR count). The molecular weight excluding hydrogens is 258 g/mol. The van der Waals surface area contributed by atoms with E-state index in [0.717, 1.165) is 17.0 Å². The Hall–Kier alpha value is -2.49. The largest absolute Gasteiger partial charge is 0.344 e. The molecule has 0 spiro atoms. The van der Waals surface area contributed by atoms with Crippen LogP contribution in [0.15, 0.2) is 42.0 Å². The molecule has 1 aromatic heterocycles. The third kappa shape index (κ3) is 2.52. The zero-order chi connectivity index (χ0) is 13.8. The molecule has 3 nitrogen and oxygen atoms in total. The van der Waals surface area contributed by atoms with Gasteiger partial charge in [-0.25, -0.2) is 0 Å². The highest BCUT2D eigenvalue weighted by Crippen LogP contribution is 2.29. The van der Waals surface area contributed by atoms with Crippen LogP contribution in [0.2, 0.25) is 5.02 Å². The summed E-state index contributed by atoms with van der Waals surface area (Å²) in [6.45, 7) is 0. The highest BCUT2D eigenvalue weighted by molar-refractivity contribution is 6.33. The van der Waals surface area contributed by atoms with Crippen molar-refractivity contribution < 1.29 is 0 Å². The molecule has 0 N–H and O–H groups in total. The standard InChI is InChI=1S/C15H10ClN3/c1-19-12(8-11(9-17)10-18)6-7-15(19)13-4-2-3-5-14(13)16/h2-8H,1H3. The van der Waals surface area contributed by atoms with Gasteiger partial charge in [0.15, 0.2) is 0 Å². The molecule has 0 aliphatic heterocycles. The minimum absolute atomic E-state index is 0.0758. The highest BCUT2D eigenvalue weighted by atomic mass is 35.5. The Morgan fingerprint density at radius 1 is 1.16 bits per heavy atom. The second-order valence-corrected chi connectivity index (χ2v) is 4.37. The Balaban J connectivity index is 2.52. The zero-order valence-electron chi connectivity index (χ0n) is 10.3. The minimum Gasteiger partial charge on any atom is -0.344 e. The SMILES string of the molecule is Cn1c(C=C(C#N)C#N)ccc1-c1ccccc1Cl. The highest BCUT2D eigenvalue weighted by Gasteiger charge is 2.09. The van der Waals surface area contributed by atoms with Gasteiger partial charge in [0.1, 0.15) is 17.7 Å². The maximum Gasteiger partial charge on any atom is 0.131 e. The van der Waals surface area contributed by atoms with Crippen molar-refractivity contribution in [3.05, 3.63) is 52.7 Å². The summed E-state index contributed by atoms with van der Waals surface area (Å²) in [4.78, 5) is 0. The van der Waals surface area contributed by atoms with Gasteiger partial charge >= 0.3 is 0 Å². The fourth-order valence-electron chi connectivity index (χ4n) is 1.85. The second-order valence-electron chi connectivity index (χ2n) is 3.96. The van der Waals surface area contributed by atoms with Crippen LogP contribution in [0.5, 0.6) is 0 Å². The summed E-state index contributed by atoms with van der Waals surface area (Å²) in [6.07, 6.45) is 1.56. The summed E-state index contributed by atoms with van der Waals surface area (Å²) in [6, 6.07) is 15.0. The first-order valence-corrected chi connectivity index (χ1v) is 5.97. The lowest BCUT2D eigenvalue weighted by Crippen LogP contribution is -1.95. The van der Waals surface area contributed by atoms with Gasteiger partial charge in [-0.1, -0.05) is 29.8 Å². The maximum atomic E-state index is 8.78. The van der Waals surface area contributed by atoms with Gasteiger partial charge in [0.05, 0.1) is 0 Å². The molecule has 0 saturated carbocycles. The number of allylic oxidation sites excluding steroid dienone is 1. The quantitative estimate of drug-likeness (QED) is 0.778. The number of nitriles is 2. The Morgan fingerprint density at radius 2 is 1.84 bits per heavy atom. The first-order chi connectivity index (χ1) is 9.17. The van der Waals surface area contributed by atoms with Crippen LogP contribution in [0.25, 0.3) is 17.3 Å². The van der Waals surface area contributed by atoms with Crippen LogP contribution in [0.4, 0.5) is 0 Å². The Morgan fingerprint density at radius 3 is 2.47 bits per heavy atom. The van der Waals surface area contributed by atoms with E-state index in [1.54, 1.807) is 6.08 Å². The van der Waals surface area contributed by atoms with Crippen molar-refractivity contribution in [2.45, 2.75) is 0 Å². The van der Waals surface area contributed by atoms with Crippen molar-refractivity contribution in [2.24, 2.45) is 7.05 Å². The molecule has 92 valence electrons. The van der Waals surface area contributed by atoms with Crippen LogP contribution in [0, 0.1) is 22.7 Å². The number of rotatable bonds is 2. The molecule has 0 fully saturated rings. The molecule has 1 aromatic carbocycles. The summed E-state index contributed by atoms with van der Waals surface area (Å²) in [5, 5.41) is 18.2. The number of benzene rings is 1. The van der Waals surface area contributed by atoms with Gasteiger partial charge in [0.25, 0.3) is 0 Å². The van der Waals surface area contributed by atoms with Crippen molar-refractivity contribution in [1.82, 2.24) is 4.57 Å². The second kappa shape index (κ2) is 5.44. The summed E-state index contributed by atoms with van der Waals surface area (Å²) < 4.78 is 1.90. The summed E-state index contributed by atoms with van der Waals surface area (Å²) in [7, 11) is 1.87. The lowest BCUT2D eigenvalue weighted by atomic mass is 10.1. The van der Waals surface area contributed by atoms with Crippen LogP contribution < -0.4 is 0 Å². The van der Waals surface area contributed by atoms with Gasteiger partial charge in [-0.3, -0.25) is 0 Å². The Labute approximate surface area is 116 Å². The van der Waals surface area contributed by atoms with E-state index >= 15 is 0 Å². The van der Waals surface area contributed by atoms with Crippen LogP contribution in [-0.4, -0.2) is 4.57 Å². The van der Waals surface area contributed by atoms with Gasteiger partial charge < -0.3 is 4.57 Å². The molecule has 4 heteroatoms. The zero-order valence-corrected chi connectivity index (χ0v) is 11.0. The van der Waals surface area contributed by atoms with Crippen LogP contribution in [-0.2, 0) is 7.05 Å². The van der Waals surface area contributed by atoms with E-state index in [1.807, 2.05) is 60.2 Å². The molecule has 0 radical (unpaired) electrons. The third-order valence-corrected chi connectivity index (χ3v) is 3.17. The molecule has 19 heavy (non-hydrogen) atoms. The predicted molar refractivity (Wildman–Crippen MR) is 75.1 cm³/mol. The van der Waals surface area contributed by atoms with E-state index in [2.05, 4.69) is 0 Å². The fourth-order valence-corrected chi connectivity index (χ4v) is 2.08. The van der Waals surface area contributed by atoms with E-state index in [-0.39, 0.29) is 5.57 Å². The van der Waals surface area contributed by atoms with E-state index in [4.69, 9.17) is 22.1 Å². The van der Waals surface area contributed by atoms with Gasteiger partial charge in [-0.05, 0) is 24.3 Å². The fraction of sp³-hybridized carbons (Fsp3) is 0.0667.